The van der Waals surface area contributed by atoms with Gasteiger partial charge in [-0.3, -0.25) is 0 Å². The van der Waals surface area contributed by atoms with Crippen molar-refractivity contribution < 1.29 is 19.8 Å². The van der Waals surface area contributed by atoms with Gasteiger partial charge in [-0.25, -0.2) is 14.6 Å². The summed E-state index contributed by atoms with van der Waals surface area (Å²) in [4.78, 5) is 24.8. The van der Waals surface area contributed by atoms with Crippen molar-refractivity contribution in [2.45, 2.75) is 13.8 Å². The van der Waals surface area contributed by atoms with Crippen molar-refractivity contribution in [3.8, 4) is 0 Å². The molecular weight excluding hydrogens is 186 g/mol. The molecule has 0 aliphatic rings. The first-order chi connectivity index (χ1) is 6.43. The minimum Gasteiger partial charge on any atom is -0.477 e. The van der Waals surface area contributed by atoms with Gasteiger partial charge in [-0.2, -0.15) is 0 Å². The molecule has 0 radical (unpaired) electrons. The van der Waals surface area contributed by atoms with Crippen LogP contribution in [0.1, 0.15) is 32.1 Å². The van der Waals surface area contributed by atoms with Gasteiger partial charge in [-0.1, -0.05) is 0 Å². The molecule has 1 aromatic heterocycles. The van der Waals surface area contributed by atoms with Gasteiger partial charge in [0, 0.05) is 0 Å². The Morgan fingerprint density at radius 3 is 2.21 bits per heavy atom. The first-order valence-corrected chi connectivity index (χ1v) is 3.88. The Labute approximate surface area is 80.0 Å². The van der Waals surface area contributed by atoms with Gasteiger partial charge in [0.15, 0.2) is 5.69 Å². The quantitative estimate of drug-likeness (QED) is 0.737. The Balaban J connectivity index is 3.43. The van der Waals surface area contributed by atoms with Gasteiger partial charge in [-0.05, 0) is 31.0 Å². The van der Waals surface area contributed by atoms with E-state index in [0.717, 1.165) is 0 Å². The molecule has 0 amide bonds. The molecule has 0 saturated heterocycles. The van der Waals surface area contributed by atoms with Crippen molar-refractivity contribution >= 4 is 11.9 Å². The fraction of sp³-hybridized carbons (Fsp3) is 0.222. The molecule has 74 valence electrons. The maximum absolute atomic E-state index is 10.7. The summed E-state index contributed by atoms with van der Waals surface area (Å²) in [6.45, 7) is 3.24. The van der Waals surface area contributed by atoms with Gasteiger partial charge in [-0.15, -0.1) is 0 Å². The normalized spacial score (nSPS) is 9.86. The lowest BCUT2D eigenvalue weighted by Gasteiger charge is -2.04. The van der Waals surface area contributed by atoms with Gasteiger partial charge in [0.1, 0.15) is 5.69 Å². The number of carbonyl (C=O) groups is 2. The lowest BCUT2D eigenvalue weighted by molar-refractivity contribution is 0.0684. The summed E-state index contributed by atoms with van der Waals surface area (Å²) in [6, 6.07) is 1.35. The molecule has 1 aromatic rings. The standard InChI is InChI=1S/C9H9NO4/c1-4-3-6(8(11)12)10-7(5(4)2)9(13)14/h3H,1-2H3,(H,11,12)(H,13,14). The number of hydrogen-bond donors (Lipinski definition) is 2. The van der Waals surface area contributed by atoms with E-state index in [1.807, 2.05) is 0 Å². The average Bonchev–Trinajstić information content (AvgIpc) is 2.08. The molecule has 2 N–H and O–H groups in total. The van der Waals surface area contributed by atoms with Crippen molar-refractivity contribution in [3.05, 3.63) is 28.6 Å². The van der Waals surface area contributed by atoms with Crippen LogP contribution in [-0.2, 0) is 0 Å². The molecule has 0 bridgehead atoms. The van der Waals surface area contributed by atoms with Crippen molar-refractivity contribution in [2.24, 2.45) is 0 Å². The summed E-state index contributed by atoms with van der Waals surface area (Å²) >= 11 is 0. The zero-order chi connectivity index (χ0) is 10.9. The number of hydrogen-bond acceptors (Lipinski definition) is 3. The van der Waals surface area contributed by atoms with E-state index in [-0.39, 0.29) is 11.4 Å². The zero-order valence-electron chi connectivity index (χ0n) is 7.74. The van der Waals surface area contributed by atoms with Gasteiger partial charge < -0.3 is 10.2 Å². The second-order valence-corrected chi connectivity index (χ2v) is 2.91. The number of nitrogens with zero attached hydrogens (tertiary/aromatic N) is 1. The third kappa shape index (κ3) is 1.71. The molecule has 0 fully saturated rings. The maximum Gasteiger partial charge on any atom is 0.354 e. The van der Waals surface area contributed by atoms with Gasteiger partial charge in [0.25, 0.3) is 0 Å². The topological polar surface area (TPSA) is 87.5 Å². The van der Waals surface area contributed by atoms with Crippen LogP contribution in [0, 0.1) is 13.8 Å². The Hall–Kier alpha value is -1.91. The molecule has 0 aromatic carbocycles. The maximum atomic E-state index is 10.7. The van der Waals surface area contributed by atoms with Crippen LogP contribution in [0.15, 0.2) is 6.07 Å². The van der Waals surface area contributed by atoms with E-state index < -0.39 is 11.9 Å². The first-order valence-electron chi connectivity index (χ1n) is 3.88. The molecule has 1 heterocycles. The highest BCUT2D eigenvalue weighted by atomic mass is 16.4. The minimum atomic E-state index is -1.23. The molecular formula is C9H9NO4. The fourth-order valence-corrected chi connectivity index (χ4v) is 1.05. The third-order valence-corrected chi connectivity index (χ3v) is 1.95. The Morgan fingerprint density at radius 1 is 1.21 bits per heavy atom. The first kappa shape index (κ1) is 10.2. The monoisotopic (exact) mass is 195 g/mol. The van der Waals surface area contributed by atoms with E-state index >= 15 is 0 Å². The number of aromatic carboxylic acids is 2. The van der Waals surface area contributed by atoms with E-state index in [1.165, 1.54) is 6.07 Å². The van der Waals surface area contributed by atoms with Crippen LogP contribution >= 0.6 is 0 Å². The predicted octanol–water partition coefficient (Wildman–Crippen LogP) is 1.09. The highest BCUT2D eigenvalue weighted by Gasteiger charge is 2.15. The molecule has 0 aliphatic heterocycles. The number of pyridine rings is 1. The second-order valence-electron chi connectivity index (χ2n) is 2.91. The number of aryl methyl sites for hydroxylation is 1. The molecule has 1 rings (SSSR count). The van der Waals surface area contributed by atoms with E-state index in [1.54, 1.807) is 13.8 Å². The lowest BCUT2D eigenvalue weighted by atomic mass is 10.1. The molecule has 0 unspecified atom stereocenters. The van der Waals surface area contributed by atoms with Gasteiger partial charge in [0.05, 0.1) is 0 Å². The van der Waals surface area contributed by atoms with E-state index in [2.05, 4.69) is 4.98 Å². The Bertz CT molecular complexity index is 412. The molecule has 0 atom stereocenters. The minimum absolute atomic E-state index is 0.206. The highest BCUT2D eigenvalue weighted by Crippen LogP contribution is 2.12. The number of carboxylic acid groups (broad SMARTS) is 2. The second kappa shape index (κ2) is 3.45. The van der Waals surface area contributed by atoms with E-state index in [4.69, 9.17) is 10.2 Å². The van der Waals surface area contributed by atoms with Crippen LogP contribution in [0.4, 0.5) is 0 Å². The Kier molecular flexibility index (Phi) is 2.51. The van der Waals surface area contributed by atoms with Crippen LogP contribution in [-0.4, -0.2) is 27.1 Å². The summed E-state index contributed by atoms with van der Waals surface area (Å²) in [5, 5.41) is 17.4. The summed E-state index contributed by atoms with van der Waals surface area (Å²) < 4.78 is 0. The van der Waals surface area contributed by atoms with Crippen LogP contribution in [0.3, 0.4) is 0 Å². The van der Waals surface area contributed by atoms with Crippen molar-refractivity contribution in [2.75, 3.05) is 0 Å². The average molecular weight is 195 g/mol. The van der Waals surface area contributed by atoms with Crippen LogP contribution < -0.4 is 0 Å². The summed E-state index contributed by atoms with van der Waals surface area (Å²) in [5.41, 5.74) is 0.644. The SMILES string of the molecule is Cc1cc(C(=O)O)nc(C(=O)O)c1C. The van der Waals surface area contributed by atoms with Gasteiger partial charge >= 0.3 is 11.9 Å². The summed E-state index contributed by atoms with van der Waals surface area (Å²) in [7, 11) is 0. The molecule has 14 heavy (non-hydrogen) atoms. The van der Waals surface area contributed by atoms with Crippen LogP contribution in [0.5, 0.6) is 0 Å². The molecule has 0 saturated carbocycles. The van der Waals surface area contributed by atoms with Crippen molar-refractivity contribution in [1.82, 2.24) is 4.98 Å². The number of rotatable bonds is 2. The highest BCUT2D eigenvalue weighted by molar-refractivity contribution is 5.91. The molecule has 5 heteroatoms. The van der Waals surface area contributed by atoms with Crippen molar-refractivity contribution in [1.29, 1.82) is 0 Å². The van der Waals surface area contributed by atoms with Crippen molar-refractivity contribution in [3.63, 3.8) is 0 Å². The van der Waals surface area contributed by atoms with E-state index in [9.17, 15) is 9.59 Å². The molecule has 0 aliphatic carbocycles. The molecule has 5 nitrogen and oxygen atoms in total. The lowest BCUT2D eigenvalue weighted by Crippen LogP contribution is -2.10. The number of carboxylic acids is 2. The van der Waals surface area contributed by atoms with Crippen LogP contribution in [0.25, 0.3) is 0 Å². The fourth-order valence-electron chi connectivity index (χ4n) is 1.05. The third-order valence-electron chi connectivity index (χ3n) is 1.95. The number of aromatic nitrogens is 1. The smallest absolute Gasteiger partial charge is 0.354 e. The molecule has 0 spiro atoms. The Morgan fingerprint density at radius 2 is 1.79 bits per heavy atom. The van der Waals surface area contributed by atoms with Gasteiger partial charge in [0.2, 0.25) is 0 Å². The summed E-state index contributed by atoms with van der Waals surface area (Å²) in [6.07, 6.45) is 0. The van der Waals surface area contributed by atoms with Crippen LogP contribution in [0.2, 0.25) is 0 Å². The zero-order valence-corrected chi connectivity index (χ0v) is 7.74. The predicted molar refractivity (Wildman–Crippen MR) is 47.6 cm³/mol. The van der Waals surface area contributed by atoms with E-state index in [0.29, 0.717) is 11.1 Å². The largest absolute Gasteiger partial charge is 0.477 e. The summed E-state index contributed by atoms with van der Waals surface area (Å²) in [5.74, 6) is -2.44.